The molecule has 21 heavy (non-hydrogen) atoms. The fourth-order valence-corrected chi connectivity index (χ4v) is 2.59. The first-order valence-corrected chi connectivity index (χ1v) is 6.93. The Bertz CT molecular complexity index is 474. The number of hydrogen-bond acceptors (Lipinski definition) is 3. The largest absolute Gasteiger partial charge is 0.351 e. The van der Waals surface area contributed by atoms with Crippen LogP contribution in [0.25, 0.3) is 0 Å². The average Bonchev–Trinajstić information content (AvgIpc) is 2.37. The van der Waals surface area contributed by atoms with Crippen molar-refractivity contribution in [2.24, 2.45) is 5.41 Å². The van der Waals surface area contributed by atoms with Crippen LogP contribution in [0.5, 0.6) is 0 Å². The lowest BCUT2D eigenvalue weighted by Gasteiger charge is -2.34. The second kappa shape index (κ2) is 8.57. The Morgan fingerprint density at radius 3 is 2.67 bits per heavy atom. The first kappa shape index (κ1) is 20.2. The molecule has 2 heterocycles. The van der Waals surface area contributed by atoms with Crippen molar-refractivity contribution in [3.05, 3.63) is 29.1 Å². The van der Waals surface area contributed by atoms with E-state index >= 15 is 0 Å². The number of hydrogen-bond donors (Lipinski definition) is 2. The summed E-state index contributed by atoms with van der Waals surface area (Å²) in [6.07, 6.45) is 2.34. The summed E-state index contributed by atoms with van der Waals surface area (Å²) in [4.78, 5) is 16.5. The number of nitrogens with one attached hydrogen (secondary N) is 2. The first-order valence-electron chi connectivity index (χ1n) is 6.93. The minimum atomic E-state index is -0.0169. The van der Waals surface area contributed by atoms with Crippen LogP contribution in [0, 0.1) is 19.3 Å². The van der Waals surface area contributed by atoms with E-state index in [0.717, 1.165) is 30.9 Å². The Balaban J connectivity index is 0.00000200. The van der Waals surface area contributed by atoms with Gasteiger partial charge in [-0.2, -0.15) is 0 Å². The average molecular weight is 334 g/mol. The second-order valence-corrected chi connectivity index (χ2v) is 5.86. The van der Waals surface area contributed by atoms with Crippen LogP contribution >= 0.6 is 24.8 Å². The number of carbonyl (C=O) groups excluding carboxylic acids is 1. The van der Waals surface area contributed by atoms with E-state index in [1.54, 1.807) is 0 Å². The first-order chi connectivity index (χ1) is 9.00. The number of carbonyl (C=O) groups is 1. The van der Waals surface area contributed by atoms with E-state index < -0.39 is 0 Å². The van der Waals surface area contributed by atoms with E-state index in [1.807, 2.05) is 26.0 Å². The minimum absolute atomic E-state index is 0. The molecule has 0 radical (unpaired) electrons. The quantitative estimate of drug-likeness (QED) is 0.894. The molecule has 2 N–H and O–H groups in total. The second-order valence-electron chi connectivity index (χ2n) is 5.86. The fourth-order valence-electron chi connectivity index (χ4n) is 2.59. The normalized spacial score (nSPS) is 20.9. The van der Waals surface area contributed by atoms with E-state index in [-0.39, 0.29) is 36.1 Å². The minimum Gasteiger partial charge on any atom is -0.351 e. The van der Waals surface area contributed by atoms with Crippen LogP contribution in [0.4, 0.5) is 0 Å². The monoisotopic (exact) mass is 333 g/mol. The van der Waals surface area contributed by atoms with Gasteiger partial charge in [0.2, 0.25) is 0 Å². The summed E-state index contributed by atoms with van der Waals surface area (Å²) in [5.74, 6) is -0.0169. The van der Waals surface area contributed by atoms with Crippen molar-refractivity contribution < 1.29 is 4.79 Å². The van der Waals surface area contributed by atoms with Crippen LogP contribution in [-0.2, 0) is 0 Å². The third-order valence-electron chi connectivity index (χ3n) is 3.83. The lowest BCUT2D eigenvalue weighted by molar-refractivity contribution is 0.0923. The molecule has 1 fully saturated rings. The summed E-state index contributed by atoms with van der Waals surface area (Å²) in [5, 5.41) is 6.44. The van der Waals surface area contributed by atoms with Gasteiger partial charge in [0.05, 0.1) is 11.3 Å². The Kier molecular flexibility index (Phi) is 8.22. The molecule has 4 nitrogen and oxygen atoms in total. The van der Waals surface area contributed by atoms with Gasteiger partial charge in [0.1, 0.15) is 0 Å². The lowest BCUT2D eigenvalue weighted by atomic mass is 9.83. The van der Waals surface area contributed by atoms with Gasteiger partial charge >= 0.3 is 0 Å². The zero-order valence-electron chi connectivity index (χ0n) is 12.9. The van der Waals surface area contributed by atoms with Gasteiger partial charge in [0.15, 0.2) is 0 Å². The Morgan fingerprint density at radius 2 is 2.10 bits per heavy atom. The van der Waals surface area contributed by atoms with Crippen molar-refractivity contribution >= 4 is 30.7 Å². The molecule has 6 heteroatoms. The number of halogens is 2. The maximum atomic E-state index is 12.2. The van der Waals surface area contributed by atoms with Gasteiger partial charge in [0, 0.05) is 18.8 Å². The van der Waals surface area contributed by atoms with Crippen LogP contribution in [0.1, 0.15) is 41.5 Å². The van der Waals surface area contributed by atoms with Crippen LogP contribution in [0.2, 0.25) is 0 Å². The fraction of sp³-hybridized carbons (Fsp3) is 0.600. The zero-order valence-corrected chi connectivity index (χ0v) is 14.5. The van der Waals surface area contributed by atoms with E-state index in [1.165, 1.54) is 6.42 Å². The van der Waals surface area contributed by atoms with E-state index in [4.69, 9.17) is 0 Å². The van der Waals surface area contributed by atoms with Crippen LogP contribution in [-0.4, -0.2) is 30.5 Å². The van der Waals surface area contributed by atoms with Crippen LogP contribution < -0.4 is 10.6 Å². The smallest absolute Gasteiger partial charge is 0.253 e. The van der Waals surface area contributed by atoms with E-state index in [9.17, 15) is 4.79 Å². The van der Waals surface area contributed by atoms with Gasteiger partial charge in [-0.05, 0) is 50.8 Å². The topological polar surface area (TPSA) is 54.0 Å². The number of piperidine rings is 1. The molecule has 1 aliphatic heterocycles. The molecule has 0 bridgehead atoms. The van der Waals surface area contributed by atoms with Crippen molar-refractivity contribution in [1.82, 2.24) is 15.6 Å². The molecule has 120 valence electrons. The molecule has 1 aromatic heterocycles. The number of amides is 1. The predicted octanol–water partition coefficient (Wildman–Crippen LogP) is 2.66. The highest BCUT2D eigenvalue weighted by Gasteiger charge is 2.27. The molecule has 0 aliphatic carbocycles. The zero-order chi connectivity index (χ0) is 13.9. The van der Waals surface area contributed by atoms with Gasteiger partial charge < -0.3 is 10.6 Å². The summed E-state index contributed by atoms with van der Waals surface area (Å²) < 4.78 is 0. The molecular formula is C15H25Cl2N3O. The molecule has 1 aliphatic rings. The molecule has 1 saturated heterocycles. The number of aromatic nitrogens is 1. The molecule has 1 atom stereocenters. The van der Waals surface area contributed by atoms with E-state index in [0.29, 0.717) is 12.1 Å². The summed E-state index contributed by atoms with van der Waals surface area (Å²) in [7, 11) is 0. The van der Waals surface area contributed by atoms with Crippen molar-refractivity contribution in [1.29, 1.82) is 0 Å². The molecular weight excluding hydrogens is 309 g/mol. The van der Waals surface area contributed by atoms with Crippen LogP contribution in [0.3, 0.4) is 0 Å². The highest BCUT2D eigenvalue weighted by Crippen LogP contribution is 2.24. The van der Waals surface area contributed by atoms with Crippen molar-refractivity contribution in [3.8, 4) is 0 Å². The number of rotatable bonds is 3. The highest BCUT2D eigenvalue weighted by molar-refractivity contribution is 5.95. The molecule has 1 aromatic rings. The van der Waals surface area contributed by atoms with Gasteiger partial charge in [-0.15, -0.1) is 24.8 Å². The van der Waals surface area contributed by atoms with Crippen LogP contribution in [0.15, 0.2) is 12.1 Å². The molecule has 0 aromatic carbocycles. The van der Waals surface area contributed by atoms with Gasteiger partial charge in [-0.1, -0.05) is 6.92 Å². The molecule has 0 spiro atoms. The Morgan fingerprint density at radius 1 is 1.38 bits per heavy atom. The predicted molar refractivity (Wildman–Crippen MR) is 90.8 cm³/mol. The number of nitrogens with zero attached hydrogens (tertiary/aromatic N) is 1. The van der Waals surface area contributed by atoms with Crippen molar-refractivity contribution in [3.63, 3.8) is 0 Å². The molecule has 0 saturated carbocycles. The maximum Gasteiger partial charge on any atom is 0.253 e. The Labute approximate surface area is 139 Å². The number of pyridine rings is 1. The maximum absolute atomic E-state index is 12.2. The molecule has 1 unspecified atom stereocenters. The van der Waals surface area contributed by atoms with Gasteiger partial charge in [-0.25, -0.2) is 0 Å². The standard InChI is InChI=1S/C15H23N3O.2ClH/c1-11-5-6-13(12(2)18-11)14(19)17-10-15(3)7-4-8-16-9-15;;/h5-6,16H,4,7-10H2,1-3H3,(H,17,19);2*1H. The molecule has 1 amide bonds. The van der Waals surface area contributed by atoms with E-state index in [2.05, 4.69) is 22.5 Å². The Hall–Kier alpha value is -0.840. The van der Waals surface area contributed by atoms with Crippen molar-refractivity contribution in [2.75, 3.05) is 19.6 Å². The lowest BCUT2D eigenvalue weighted by Crippen LogP contribution is -2.45. The van der Waals surface area contributed by atoms with Gasteiger partial charge in [0.25, 0.3) is 5.91 Å². The number of aryl methyl sites for hydroxylation is 2. The summed E-state index contributed by atoms with van der Waals surface area (Å²) in [5.41, 5.74) is 2.58. The highest BCUT2D eigenvalue weighted by atomic mass is 35.5. The molecule has 2 rings (SSSR count). The van der Waals surface area contributed by atoms with Crippen molar-refractivity contribution in [2.45, 2.75) is 33.6 Å². The summed E-state index contributed by atoms with van der Waals surface area (Å²) >= 11 is 0. The third kappa shape index (κ3) is 5.46. The third-order valence-corrected chi connectivity index (χ3v) is 3.83. The SMILES string of the molecule is Cc1ccc(C(=O)NCC2(C)CCCNC2)c(C)n1.Cl.Cl. The summed E-state index contributed by atoms with van der Waals surface area (Å²) in [6, 6.07) is 3.74. The van der Waals surface area contributed by atoms with Gasteiger partial charge in [-0.3, -0.25) is 9.78 Å². The summed E-state index contributed by atoms with van der Waals surface area (Å²) in [6.45, 7) is 8.81.